The highest BCUT2D eigenvalue weighted by molar-refractivity contribution is 6.12. The second kappa shape index (κ2) is 42.1. The smallest absolute Gasteiger partial charge is 0.163 e. The number of phenols is 7. The molecule has 0 amide bonds. The number of allylic oxidation sites excluding steroid dienone is 6. The van der Waals surface area contributed by atoms with Gasteiger partial charge in [0.1, 0.15) is 34.6 Å². The first-order valence-corrected chi connectivity index (χ1v) is 31.6. The van der Waals surface area contributed by atoms with Gasteiger partial charge in [-0.25, -0.2) is 0 Å². The second-order valence-electron chi connectivity index (χ2n) is 22.5. The minimum Gasteiger partial charge on any atom is -0.508 e. The number of carbonyl (C=O) groups is 8. The Kier molecular flexibility index (Phi) is 32.9. The van der Waals surface area contributed by atoms with Crippen LogP contribution in [0.3, 0.4) is 0 Å². The van der Waals surface area contributed by atoms with Crippen LogP contribution in [0.5, 0.6) is 69.0 Å². The SMILES string of the molecule is COc1cc(/C=C/C(=O)CC(=O)/C=C/c2ccc(O)c(OC)c2)ccc1O.COc1cc(/C=C/C(=O)CC(=O)/C=C/c2ccc(O)cc2)ccc1O.COc1cc(CCC(=O)CC(=O)CCc2ccc(O)c(OC)c2)ccc1C.O=C(/C=C/c1ccc(O)cc1)CC(=O)/C=C/c1ccc(O)cc1. The number of carbonyl (C=O) groups excluding carboxylic acids is 8. The highest BCUT2D eigenvalue weighted by Gasteiger charge is 2.14. The van der Waals surface area contributed by atoms with Gasteiger partial charge in [0.25, 0.3) is 0 Å². The Morgan fingerprint density at radius 2 is 0.520 bits per heavy atom. The average molecular weight is 1390 g/mol. The van der Waals surface area contributed by atoms with E-state index in [9.17, 15) is 63.9 Å². The van der Waals surface area contributed by atoms with Gasteiger partial charge in [0.15, 0.2) is 80.7 Å². The van der Waals surface area contributed by atoms with E-state index in [4.69, 9.17) is 33.9 Å². The van der Waals surface area contributed by atoms with Gasteiger partial charge in [-0.05, 0) is 197 Å². The van der Waals surface area contributed by atoms with E-state index in [2.05, 4.69) is 0 Å². The average Bonchev–Trinajstić information content (AvgIpc) is 0.925. The number of rotatable bonds is 31. The normalized spacial score (nSPS) is 10.9. The van der Waals surface area contributed by atoms with Crippen LogP contribution < -0.4 is 23.7 Å². The van der Waals surface area contributed by atoms with Gasteiger partial charge in [0, 0.05) is 12.8 Å². The number of aryl methyl sites for hydroxylation is 3. The fraction of sp³-hybridized carbons (Fsp3) is 0.171. The van der Waals surface area contributed by atoms with Gasteiger partial charge in [-0.3, -0.25) is 38.4 Å². The number of phenolic OH excluding ortho intramolecular Hbond substituents is 7. The molecule has 0 aliphatic heterocycles. The minimum absolute atomic E-state index is 0.00662. The summed E-state index contributed by atoms with van der Waals surface area (Å²) in [6.45, 7) is 1.97. The van der Waals surface area contributed by atoms with Crippen LogP contribution in [0, 0.1) is 6.92 Å². The van der Waals surface area contributed by atoms with Crippen LogP contribution in [0.15, 0.2) is 200 Å². The molecule has 8 aromatic rings. The molecule has 102 heavy (non-hydrogen) atoms. The monoisotopic (exact) mass is 1380 g/mol. The van der Waals surface area contributed by atoms with E-state index in [1.807, 2.05) is 25.1 Å². The molecule has 7 N–H and O–H groups in total. The Bertz CT molecular complexity index is 4170. The van der Waals surface area contributed by atoms with Crippen molar-refractivity contribution in [3.63, 3.8) is 0 Å². The number of ketones is 8. The third-order valence-corrected chi connectivity index (χ3v) is 14.6. The van der Waals surface area contributed by atoms with Gasteiger partial charge in [-0.2, -0.15) is 0 Å². The maximum atomic E-state index is 12.1. The Labute approximate surface area is 591 Å². The summed E-state index contributed by atoms with van der Waals surface area (Å²) in [6.07, 6.45) is 18.4. The molecule has 0 atom stereocenters. The van der Waals surface area contributed by atoms with Crippen LogP contribution >= 0.6 is 0 Å². The van der Waals surface area contributed by atoms with Crippen molar-refractivity contribution in [3.8, 4) is 69.0 Å². The first-order valence-electron chi connectivity index (χ1n) is 31.6. The number of ether oxygens (including phenoxy) is 5. The van der Waals surface area contributed by atoms with E-state index < -0.39 is 0 Å². The molecule has 20 nitrogen and oxygen atoms in total. The summed E-state index contributed by atoms with van der Waals surface area (Å²) in [7, 11) is 7.41. The first-order chi connectivity index (χ1) is 48.8. The van der Waals surface area contributed by atoms with E-state index in [1.54, 1.807) is 135 Å². The lowest BCUT2D eigenvalue weighted by Gasteiger charge is -2.08. The molecule has 528 valence electrons. The molecule has 0 saturated carbocycles. The van der Waals surface area contributed by atoms with Crippen LogP contribution in [0.4, 0.5) is 0 Å². The zero-order valence-corrected chi connectivity index (χ0v) is 57.1. The van der Waals surface area contributed by atoms with Crippen molar-refractivity contribution in [1.29, 1.82) is 0 Å². The standard InChI is InChI=1S/C22H26O5.C21H20O6.C20H18O5.C19H16O4/c1-15-4-5-16(12-21(15)26-2)6-9-18(23)14-19(24)10-7-17-8-11-20(25)22(13-17)27-3;1-26-20-11-14(5-9-18(20)24)3-7-16(22)13-17(23)8-4-15-6-10-19(25)21(12-15)27-2;1-25-20-12-15(6-11-19(20)24)5-10-18(23)13-17(22)9-4-14-2-7-16(21)8-3-14;20-16-7-1-14(2-8-16)5-11-18(22)13-19(23)12-6-15-3-9-17(21)10-4-15/h4-5,8,11-13,25H,6-7,9-10,14H2,1-3H3;3-12,24-25H,13H2,1-2H3;2-12,21,24H,13H2,1H3;1-12,20-21H,13H2/b;7-3+,8-4+;9-4+,10-5+;11-5+,12-6+. The van der Waals surface area contributed by atoms with Gasteiger partial charge < -0.3 is 59.4 Å². The number of benzene rings is 8. The van der Waals surface area contributed by atoms with Crippen LogP contribution in [-0.4, -0.2) is 118 Å². The predicted molar refractivity (Wildman–Crippen MR) is 390 cm³/mol. The summed E-state index contributed by atoms with van der Waals surface area (Å²) < 4.78 is 25.3. The Hall–Kier alpha value is -12.8. The van der Waals surface area contributed by atoms with E-state index in [-0.39, 0.29) is 119 Å². The summed E-state index contributed by atoms with van der Waals surface area (Å²) in [5.41, 5.74) is 7.25. The quantitative estimate of drug-likeness (QED) is 0.0157. The molecular formula is C82H80O20. The first kappa shape index (κ1) is 79.8. The molecule has 0 aliphatic rings. The molecule has 0 bridgehead atoms. The van der Waals surface area contributed by atoms with Crippen molar-refractivity contribution < 1.29 is 97.8 Å². The minimum atomic E-state index is -0.347. The highest BCUT2D eigenvalue weighted by atomic mass is 16.5. The fourth-order valence-electron chi connectivity index (χ4n) is 9.02. The van der Waals surface area contributed by atoms with E-state index >= 15 is 0 Å². The summed E-state index contributed by atoms with van der Waals surface area (Å²) in [5.74, 6) is 0.593. The predicted octanol–water partition coefficient (Wildman–Crippen LogP) is 13.9. The number of hydrogen-bond donors (Lipinski definition) is 7. The lowest BCUT2D eigenvalue weighted by molar-refractivity contribution is -0.127. The van der Waals surface area contributed by atoms with Gasteiger partial charge >= 0.3 is 0 Å². The van der Waals surface area contributed by atoms with Crippen molar-refractivity contribution in [2.45, 2.75) is 58.3 Å². The number of hydrogen-bond acceptors (Lipinski definition) is 20. The van der Waals surface area contributed by atoms with Crippen LogP contribution in [0.2, 0.25) is 0 Å². The topological polar surface area (TPSA) is 324 Å². The molecule has 0 spiro atoms. The second-order valence-corrected chi connectivity index (χ2v) is 22.5. The number of methoxy groups -OCH3 is 5. The highest BCUT2D eigenvalue weighted by Crippen LogP contribution is 2.31. The molecule has 0 fully saturated rings. The third kappa shape index (κ3) is 29.5. The zero-order chi connectivity index (χ0) is 74.5. The molecule has 8 rings (SSSR count). The number of Topliss-reactive ketones (excluding diaryl/α,β-unsaturated/α-hetero) is 2. The maximum Gasteiger partial charge on any atom is 0.163 e. The van der Waals surface area contributed by atoms with Crippen molar-refractivity contribution in [2.75, 3.05) is 35.5 Å². The van der Waals surface area contributed by atoms with E-state index in [0.717, 1.165) is 39.1 Å². The Morgan fingerprint density at radius 1 is 0.284 bits per heavy atom. The van der Waals surface area contributed by atoms with Gasteiger partial charge in [-0.1, -0.05) is 109 Å². The number of aromatic hydroxyl groups is 7. The summed E-state index contributed by atoms with van der Waals surface area (Å²) in [6, 6.07) is 44.1. The Balaban J connectivity index is 0.000000245. The molecule has 0 heterocycles. The molecule has 0 aromatic heterocycles. The van der Waals surface area contributed by atoms with Crippen LogP contribution in [0.25, 0.3) is 36.5 Å². The van der Waals surface area contributed by atoms with Crippen molar-refractivity contribution in [2.24, 2.45) is 0 Å². The fourth-order valence-corrected chi connectivity index (χ4v) is 9.02. The van der Waals surface area contributed by atoms with Gasteiger partial charge in [0.05, 0.1) is 61.2 Å². The Morgan fingerprint density at radius 3 is 0.804 bits per heavy atom. The molecule has 0 radical (unpaired) electrons. The largest absolute Gasteiger partial charge is 0.508 e. The molecule has 0 aliphatic carbocycles. The lowest BCUT2D eigenvalue weighted by Crippen LogP contribution is -2.09. The summed E-state index contributed by atoms with van der Waals surface area (Å²) >= 11 is 0. The molecule has 20 heteroatoms. The third-order valence-electron chi connectivity index (χ3n) is 14.6. The lowest BCUT2D eigenvalue weighted by atomic mass is 10.0. The van der Waals surface area contributed by atoms with Crippen LogP contribution in [-0.2, 0) is 51.2 Å². The van der Waals surface area contributed by atoms with Gasteiger partial charge in [-0.15, -0.1) is 0 Å². The van der Waals surface area contributed by atoms with E-state index in [0.29, 0.717) is 59.0 Å². The molecule has 8 aromatic carbocycles. The van der Waals surface area contributed by atoms with Crippen molar-refractivity contribution in [1.82, 2.24) is 0 Å². The molecule has 0 unspecified atom stereocenters. The van der Waals surface area contributed by atoms with Crippen LogP contribution in [0.1, 0.15) is 88.6 Å². The van der Waals surface area contributed by atoms with E-state index in [1.165, 1.54) is 119 Å². The van der Waals surface area contributed by atoms with Crippen molar-refractivity contribution >= 4 is 82.7 Å². The zero-order valence-electron chi connectivity index (χ0n) is 57.1. The summed E-state index contributed by atoms with van der Waals surface area (Å²) in [5, 5.41) is 65.7. The summed E-state index contributed by atoms with van der Waals surface area (Å²) in [4.78, 5) is 95.1. The van der Waals surface area contributed by atoms with Crippen molar-refractivity contribution in [3.05, 3.63) is 250 Å². The molecule has 0 saturated heterocycles. The molecular weight excluding hydrogens is 1300 g/mol. The van der Waals surface area contributed by atoms with Gasteiger partial charge in [0.2, 0.25) is 0 Å². The maximum absolute atomic E-state index is 12.1.